The largest absolute Gasteiger partial charge is 0.391 e. The maximum Gasteiger partial charge on any atom is 0.300 e. The molecule has 0 radical (unpaired) electrons. The molecule has 1 unspecified atom stereocenters. The monoisotopic (exact) mass is 328 g/mol. The number of hydrogen-bond acceptors (Lipinski definition) is 6. The Bertz CT molecular complexity index is 569. The van der Waals surface area contributed by atoms with E-state index in [4.69, 9.17) is 11.6 Å². The number of aliphatic hydroxyl groups is 1. The molecule has 19 heavy (non-hydrogen) atoms. The SMILES string of the molecule is CC(C)C(O)CNS(=O)(=O)c1cc([N+](=O)[O-])c(Cl)s1. The average Bonchev–Trinajstić information content (AvgIpc) is 2.69. The van der Waals surface area contributed by atoms with E-state index in [1.807, 2.05) is 0 Å². The van der Waals surface area contributed by atoms with E-state index in [1.165, 1.54) is 0 Å². The predicted molar refractivity (Wildman–Crippen MR) is 72.0 cm³/mol. The molecule has 0 saturated heterocycles. The Hall–Kier alpha value is -0.740. The Morgan fingerprint density at radius 3 is 2.58 bits per heavy atom. The van der Waals surface area contributed by atoms with Gasteiger partial charge in [0.1, 0.15) is 4.21 Å². The minimum Gasteiger partial charge on any atom is -0.391 e. The molecule has 0 aliphatic heterocycles. The van der Waals surface area contributed by atoms with Crippen molar-refractivity contribution >= 4 is 38.6 Å². The molecule has 0 spiro atoms. The maximum atomic E-state index is 11.9. The molecule has 2 N–H and O–H groups in total. The van der Waals surface area contributed by atoms with Crippen LogP contribution in [0.5, 0.6) is 0 Å². The minimum atomic E-state index is -3.90. The van der Waals surface area contributed by atoms with E-state index in [0.717, 1.165) is 6.07 Å². The lowest BCUT2D eigenvalue weighted by Gasteiger charge is -2.14. The fourth-order valence-corrected chi connectivity index (χ4v) is 3.86. The number of sulfonamides is 1. The Balaban J connectivity index is 2.89. The number of nitrogens with zero attached hydrogens (tertiary/aromatic N) is 1. The van der Waals surface area contributed by atoms with E-state index < -0.39 is 26.7 Å². The summed E-state index contributed by atoms with van der Waals surface area (Å²) in [6.45, 7) is 3.32. The van der Waals surface area contributed by atoms with Crippen LogP contribution >= 0.6 is 22.9 Å². The van der Waals surface area contributed by atoms with Gasteiger partial charge in [-0.3, -0.25) is 10.1 Å². The number of nitro groups is 1. The first-order chi connectivity index (χ1) is 8.65. The van der Waals surface area contributed by atoms with Crippen LogP contribution in [0, 0.1) is 16.0 Å². The van der Waals surface area contributed by atoms with Gasteiger partial charge in [-0.1, -0.05) is 25.4 Å². The Kier molecular flexibility index (Phi) is 5.27. The Labute approximate surface area is 119 Å². The van der Waals surface area contributed by atoms with Crippen LogP contribution in [0.4, 0.5) is 5.69 Å². The third-order valence-electron chi connectivity index (χ3n) is 2.36. The van der Waals surface area contributed by atoms with Crippen molar-refractivity contribution in [3.63, 3.8) is 0 Å². The van der Waals surface area contributed by atoms with Crippen molar-refractivity contribution in [3.05, 3.63) is 20.5 Å². The first-order valence-electron chi connectivity index (χ1n) is 5.26. The summed E-state index contributed by atoms with van der Waals surface area (Å²) in [5.41, 5.74) is -0.448. The summed E-state index contributed by atoms with van der Waals surface area (Å²) in [6.07, 6.45) is -0.833. The van der Waals surface area contributed by atoms with Crippen molar-refractivity contribution in [2.24, 2.45) is 5.92 Å². The molecule has 10 heteroatoms. The molecule has 1 aromatic rings. The van der Waals surface area contributed by atoms with Crippen molar-refractivity contribution in [2.45, 2.75) is 24.2 Å². The van der Waals surface area contributed by atoms with Gasteiger partial charge >= 0.3 is 0 Å². The van der Waals surface area contributed by atoms with Crippen molar-refractivity contribution in [3.8, 4) is 0 Å². The summed E-state index contributed by atoms with van der Waals surface area (Å²) in [4.78, 5) is 9.84. The number of rotatable bonds is 6. The second-order valence-electron chi connectivity index (χ2n) is 4.14. The van der Waals surface area contributed by atoms with Gasteiger partial charge in [0.2, 0.25) is 10.0 Å². The van der Waals surface area contributed by atoms with Crippen LogP contribution in [0.15, 0.2) is 10.3 Å². The Morgan fingerprint density at radius 2 is 2.16 bits per heavy atom. The molecule has 108 valence electrons. The molecule has 1 aromatic heterocycles. The van der Waals surface area contributed by atoms with Gasteiger partial charge in [-0.15, -0.1) is 11.3 Å². The number of thiophene rings is 1. The van der Waals surface area contributed by atoms with Gasteiger partial charge in [0.25, 0.3) is 5.69 Å². The highest BCUT2D eigenvalue weighted by molar-refractivity contribution is 7.91. The summed E-state index contributed by atoms with van der Waals surface area (Å²) < 4.78 is 25.4. The van der Waals surface area contributed by atoms with Crippen LogP contribution in [0.25, 0.3) is 0 Å². The highest BCUT2D eigenvalue weighted by atomic mass is 35.5. The molecule has 7 nitrogen and oxygen atoms in total. The van der Waals surface area contributed by atoms with E-state index in [0.29, 0.717) is 11.3 Å². The van der Waals surface area contributed by atoms with Crippen molar-refractivity contribution in [1.82, 2.24) is 4.72 Å². The van der Waals surface area contributed by atoms with Gasteiger partial charge in [-0.25, -0.2) is 13.1 Å². The van der Waals surface area contributed by atoms with E-state index >= 15 is 0 Å². The van der Waals surface area contributed by atoms with Crippen LogP contribution in [0.2, 0.25) is 4.34 Å². The zero-order valence-corrected chi connectivity index (χ0v) is 12.5. The van der Waals surface area contributed by atoms with Gasteiger partial charge in [-0.05, 0) is 5.92 Å². The molecule has 1 atom stereocenters. The molecule has 1 rings (SSSR count). The third kappa shape index (κ3) is 4.11. The lowest BCUT2D eigenvalue weighted by Crippen LogP contribution is -2.34. The van der Waals surface area contributed by atoms with Gasteiger partial charge in [0.15, 0.2) is 4.34 Å². The highest BCUT2D eigenvalue weighted by Crippen LogP contribution is 2.36. The minimum absolute atomic E-state index is 0.107. The van der Waals surface area contributed by atoms with Crippen LogP contribution in [0.3, 0.4) is 0 Å². The molecule has 0 fully saturated rings. The van der Waals surface area contributed by atoms with Crippen molar-refractivity contribution in [2.75, 3.05) is 6.54 Å². The van der Waals surface area contributed by atoms with Crippen molar-refractivity contribution in [1.29, 1.82) is 0 Å². The van der Waals surface area contributed by atoms with Crippen LogP contribution in [-0.2, 0) is 10.0 Å². The lowest BCUT2D eigenvalue weighted by atomic mass is 10.1. The van der Waals surface area contributed by atoms with Gasteiger partial charge < -0.3 is 5.11 Å². The van der Waals surface area contributed by atoms with Gasteiger partial charge in [0, 0.05) is 12.6 Å². The number of halogens is 1. The molecule has 0 bridgehead atoms. The normalized spacial score (nSPS) is 13.7. The zero-order chi connectivity index (χ0) is 14.8. The van der Waals surface area contributed by atoms with Crippen LogP contribution in [-0.4, -0.2) is 31.1 Å². The summed E-state index contributed by atoms with van der Waals surface area (Å²) in [5, 5.41) is 20.1. The Morgan fingerprint density at radius 1 is 1.58 bits per heavy atom. The van der Waals surface area contributed by atoms with Gasteiger partial charge in [0.05, 0.1) is 11.0 Å². The second kappa shape index (κ2) is 6.14. The second-order valence-corrected chi connectivity index (χ2v) is 7.79. The number of hydrogen-bond donors (Lipinski definition) is 2. The fraction of sp³-hybridized carbons (Fsp3) is 0.556. The number of aliphatic hydroxyl groups excluding tert-OH is 1. The highest BCUT2D eigenvalue weighted by Gasteiger charge is 2.25. The summed E-state index contributed by atoms with van der Waals surface area (Å²) in [5.74, 6) is -0.107. The lowest BCUT2D eigenvalue weighted by molar-refractivity contribution is -0.384. The molecule has 0 aromatic carbocycles. The molecular formula is C9H13ClN2O5S2. The van der Waals surface area contributed by atoms with Crippen LogP contribution in [0.1, 0.15) is 13.8 Å². The topological polar surface area (TPSA) is 110 Å². The first-order valence-corrected chi connectivity index (χ1v) is 7.94. The van der Waals surface area contributed by atoms with E-state index in [9.17, 15) is 23.6 Å². The predicted octanol–water partition coefficient (Wildman–Crippen LogP) is 1.60. The zero-order valence-electron chi connectivity index (χ0n) is 10.2. The maximum absolute atomic E-state index is 11.9. The summed E-state index contributed by atoms with van der Waals surface area (Å²) in [6, 6.07) is 0.900. The van der Waals surface area contributed by atoms with Crippen LogP contribution < -0.4 is 4.72 Å². The molecule has 0 aliphatic rings. The number of nitrogens with one attached hydrogen (secondary N) is 1. The average molecular weight is 329 g/mol. The smallest absolute Gasteiger partial charge is 0.300 e. The molecule has 0 aliphatic carbocycles. The summed E-state index contributed by atoms with van der Waals surface area (Å²) in [7, 11) is -3.90. The molecule has 1 heterocycles. The quantitative estimate of drug-likeness (QED) is 0.609. The van der Waals surface area contributed by atoms with E-state index in [1.54, 1.807) is 13.8 Å². The van der Waals surface area contributed by atoms with Gasteiger partial charge in [-0.2, -0.15) is 0 Å². The molecule has 0 saturated carbocycles. The third-order valence-corrected chi connectivity index (χ3v) is 5.59. The summed E-state index contributed by atoms with van der Waals surface area (Å²) >= 11 is 6.20. The van der Waals surface area contributed by atoms with E-state index in [-0.39, 0.29) is 21.0 Å². The first kappa shape index (κ1) is 16.3. The van der Waals surface area contributed by atoms with Crippen molar-refractivity contribution < 1.29 is 18.4 Å². The standard InChI is InChI=1S/C9H13ClN2O5S2/c1-5(2)7(13)4-11-19(16,17)8-3-6(12(14)15)9(10)18-8/h3,5,7,11,13H,4H2,1-2H3. The molecule has 0 amide bonds. The fourth-order valence-electron chi connectivity index (χ4n) is 1.10. The molecular weight excluding hydrogens is 316 g/mol. The van der Waals surface area contributed by atoms with E-state index in [2.05, 4.69) is 4.72 Å².